The van der Waals surface area contributed by atoms with Crippen molar-refractivity contribution in [1.82, 2.24) is 10.3 Å². The van der Waals surface area contributed by atoms with Gasteiger partial charge in [0.1, 0.15) is 5.82 Å². The van der Waals surface area contributed by atoms with Gasteiger partial charge in [0.25, 0.3) is 5.91 Å². The van der Waals surface area contributed by atoms with E-state index in [0.717, 1.165) is 17.9 Å². The van der Waals surface area contributed by atoms with Gasteiger partial charge < -0.3 is 5.32 Å². The van der Waals surface area contributed by atoms with Gasteiger partial charge in [0.05, 0.1) is 11.8 Å². The SMILES string of the molecule is CC(C)C(CCBr)NC(=O)c1cncc(F)c1. The number of halogens is 2. The van der Waals surface area contributed by atoms with Crippen LogP contribution in [0.2, 0.25) is 0 Å². The quantitative estimate of drug-likeness (QED) is 0.850. The lowest BCUT2D eigenvalue weighted by Crippen LogP contribution is -2.38. The van der Waals surface area contributed by atoms with Crippen molar-refractivity contribution < 1.29 is 9.18 Å². The van der Waals surface area contributed by atoms with Gasteiger partial charge in [-0.05, 0) is 18.4 Å². The molecular weight excluding hydrogens is 287 g/mol. The second-order valence-corrected chi connectivity index (χ2v) is 4.99. The monoisotopic (exact) mass is 302 g/mol. The molecule has 3 nitrogen and oxygen atoms in total. The van der Waals surface area contributed by atoms with Gasteiger partial charge in [-0.1, -0.05) is 29.8 Å². The highest BCUT2D eigenvalue weighted by molar-refractivity contribution is 9.09. The summed E-state index contributed by atoms with van der Waals surface area (Å²) >= 11 is 3.35. The zero-order valence-corrected chi connectivity index (χ0v) is 11.5. The van der Waals surface area contributed by atoms with Gasteiger partial charge in [-0.3, -0.25) is 9.78 Å². The minimum Gasteiger partial charge on any atom is -0.349 e. The van der Waals surface area contributed by atoms with E-state index in [0.29, 0.717) is 5.92 Å². The second-order valence-electron chi connectivity index (χ2n) is 4.19. The molecule has 1 amide bonds. The van der Waals surface area contributed by atoms with E-state index in [4.69, 9.17) is 0 Å². The Labute approximate surface area is 109 Å². The lowest BCUT2D eigenvalue weighted by Gasteiger charge is -2.21. The maximum absolute atomic E-state index is 12.9. The average Bonchev–Trinajstić information content (AvgIpc) is 2.28. The maximum Gasteiger partial charge on any atom is 0.253 e. The highest BCUT2D eigenvalue weighted by Crippen LogP contribution is 2.09. The highest BCUT2D eigenvalue weighted by Gasteiger charge is 2.16. The molecule has 0 saturated carbocycles. The number of hydrogen-bond donors (Lipinski definition) is 1. The van der Waals surface area contributed by atoms with Crippen molar-refractivity contribution >= 4 is 21.8 Å². The van der Waals surface area contributed by atoms with Crippen molar-refractivity contribution in [1.29, 1.82) is 0 Å². The van der Waals surface area contributed by atoms with E-state index < -0.39 is 5.82 Å². The minimum atomic E-state index is -0.501. The number of alkyl halides is 1. The number of carbonyl (C=O) groups is 1. The molecule has 0 saturated heterocycles. The Morgan fingerprint density at radius 1 is 1.53 bits per heavy atom. The van der Waals surface area contributed by atoms with Crippen LogP contribution < -0.4 is 5.32 Å². The lowest BCUT2D eigenvalue weighted by atomic mass is 10.0. The Hall–Kier alpha value is -0.970. The zero-order valence-electron chi connectivity index (χ0n) is 9.91. The Balaban J connectivity index is 2.70. The summed E-state index contributed by atoms with van der Waals surface area (Å²) < 4.78 is 12.9. The van der Waals surface area contributed by atoms with Crippen LogP contribution in [0.1, 0.15) is 30.6 Å². The molecule has 0 bridgehead atoms. The molecule has 1 unspecified atom stereocenters. The van der Waals surface area contributed by atoms with E-state index in [9.17, 15) is 9.18 Å². The van der Waals surface area contributed by atoms with Gasteiger partial charge in [0, 0.05) is 17.6 Å². The summed E-state index contributed by atoms with van der Waals surface area (Å²) in [6.45, 7) is 4.08. The van der Waals surface area contributed by atoms with Crippen LogP contribution in [0.15, 0.2) is 18.5 Å². The van der Waals surface area contributed by atoms with Crippen LogP contribution in [0, 0.1) is 11.7 Å². The number of nitrogens with one attached hydrogen (secondary N) is 1. The minimum absolute atomic E-state index is 0.0742. The van der Waals surface area contributed by atoms with Gasteiger partial charge in [-0.2, -0.15) is 0 Å². The summed E-state index contributed by atoms with van der Waals surface area (Å²) in [5, 5.41) is 3.70. The molecule has 1 rings (SSSR count). The number of pyridine rings is 1. The van der Waals surface area contributed by atoms with Crippen molar-refractivity contribution in [2.75, 3.05) is 5.33 Å². The first-order valence-electron chi connectivity index (χ1n) is 5.52. The molecule has 1 N–H and O–H groups in total. The second kappa shape index (κ2) is 6.69. The standard InChI is InChI=1S/C12H16BrFN2O/c1-8(2)11(3-4-13)16-12(17)9-5-10(14)7-15-6-9/h5-8,11H,3-4H2,1-2H3,(H,16,17). The summed E-state index contributed by atoms with van der Waals surface area (Å²) in [6, 6.07) is 1.26. The van der Waals surface area contributed by atoms with Crippen molar-refractivity contribution in [2.24, 2.45) is 5.92 Å². The molecular formula is C12H16BrFN2O. The number of rotatable bonds is 5. The molecule has 17 heavy (non-hydrogen) atoms. The number of hydrogen-bond acceptors (Lipinski definition) is 2. The van der Waals surface area contributed by atoms with E-state index in [1.165, 1.54) is 12.3 Å². The Kier molecular flexibility index (Phi) is 5.55. The van der Waals surface area contributed by atoms with Crippen molar-refractivity contribution in [3.8, 4) is 0 Å². The molecule has 1 aromatic rings. The van der Waals surface area contributed by atoms with Gasteiger partial charge in [-0.15, -0.1) is 0 Å². The number of amides is 1. The number of carbonyl (C=O) groups excluding carboxylic acids is 1. The highest BCUT2D eigenvalue weighted by atomic mass is 79.9. The zero-order chi connectivity index (χ0) is 12.8. The Morgan fingerprint density at radius 3 is 2.76 bits per heavy atom. The van der Waals surface area contributed by atoms with E-state index in [1.54, 1.807) is 0 Å². The Morgan fingerprint density at radius 2 is 2.24 bits per heavy atom. The molecule has 0 radical (unpaired) electrons. The fourth-order valence-electron chi connectivity index (χ4n) is 1.48. The summed E-state index contributed by atoms with van der Waals surface area (Å²) in [6.07, 6.45) is 3.28. The lowest BCUT2D eigenvalue weighted by molar-refractivity contribution is 0.0924. The Bertz CT molecular complexity index is 385. The molecule has 0 fully saturated rings. The first kappa shape index (κ1) is 14.1. The van der Waals surface area contributed by atoms with E-state index in [2.05, 4.69) is 26.2 Å². The fourth-order valence-corrected chi connectivity index (χ4v) is 1.97. The average molecular weight is 303 g/mol. The van der Waals surface area contributed by atoms with Crippen LogP contribution in [0.3, 0.4) is 0 Å². The first-order valence-corrected chi connectivity index (χ1v) is 6.64. The molecule has 0 aliphatic carbocycles. The summed E-state index contributed by atoms with van der Waals surface area (Å²) in [7, 11) is 0. The van der Waals surface area contributed by atoms with Gasteiger partial charge in [-0.25, -0.2) is 4.39 Å². The largest absolute Gasteiger partial charge is 0.349 e. The molecule has 1 aromatic heterocycles. The third kappa shape index (κ3) is 4.42. The molecule has 0 aliphatic rings. The van der Waals surface area contributed by atoms with Gasteiger partial charge >= 0.3 is 0 Å². The van der Waals surface area contributed by atoms with Crippen molar-refractivity contribution in [3.05, 3.63) is 29.8 Å². The molecule has 94 valence electrons. The van der Waals surface area contributed by atoms with Crippen LogP contribution in [0.5, 0.6) is 0 Å². The fraction of sp³-hybridized carbons (Fsp3) is 0.500. The van der Waals surface area contributed by atoms with Crippen LogP contribution in [0.4, 0.5) is 4.39 Å². The third-order valence-corrected chi connectivity index (χ3v) is 2.97. The normalized spacial score (nSPS) is 12.5. The summed E-state index contributed by atoms with van der Waals surface area (Å²) in [5.74, 6) is -0.450. The topological polar surface area (TPSA) is 42.0 Å². The van der Waals surface area contributed by atoms with E-state index in [1.807, 2.05) is 13.8 Å². The predicted octanol–water partition coefficient (Wildman–Crippen LogP) is 2.76. The van der Waals surface area contributed by atoms with Crippen molar-refractivity contribution in [2.45, 2.75) is 26.3 Å². The van der Waals surface area contributed by atoms with Gasteiger partial charge in [0.15, 0.2) is 0 Å². The van der Waals surface area contributed by atoms with Crippen LogP contribution in [-0.4, -0.2) is 22.3 Å². The molecule has 1 heterocycles. The number of nitrogens with zero attached hydrogens (tertiary/aromatic N) is 1. The molecule has 0 aromatic carbocycles. The summed E-state index contributed by atoms with van der Waals surface area (Å²) in [5.41, 5.74) is 0.255. The van der Waals surface area contributed by atoms with E-state index in [-0.39, 0.29) is 17.5 Å². The first-order chi connectivity index (χ1) is 8.04. The van der Waals surface area contributed by atoms with Crippen LogP contribution in [-0.2, 0) is 0 Å². The van der Waals surface area contributed by atoms with E-state index >= 15 is 0 Å². The smallest absolute Gasteiger partial charge is 0.253 e. The molecule has 1 atom stereocenters. The van der Waals surface area contributed by atoms with Crippen LogP contribution >= 0.6 is 15.9 Å². The predicted molar refractivity (Wildman–Crippen MR) is 68.7 cm³/mol. The molecule has 0 aliphatic heterocycles. The van der Waals surface area contributed by atoms with Gasteiger partial charge in [0.2, 0.25) is 0 Å². The van der Waals surface area contributed by atoms with Crippen molar-refractivity contribution in [3.63, 3.8) is 0 Å². The molecule has 5 heteroatoms. The number of aromatic nitrogens is 1. The third-order valence-electron chi connectivity index (χ3n) is 2.51. The maximum atomic E-state index is 12.9. The molecule has 0 spiro atoms. The summed E-state index contributed by atoms with van der Waals surface area (Å²) in [4.78, 5) is 15.5. The van der Waals surface area contributed by atoms with Crippen LogP contribution in [0.25, 0.3) is 0 Å².